The van der Waals surface area contributed by atoms with Crippen LogP contribution in [-0.4, -0.2) is 34.4 Å². The van der Waals surface area contributed by atoms with Crippen LogP contribution in [0.25, 0.3) is 0 Å². The molecule has 0 aromatic carbocycles. The monoisotopic (exact) mass is 211 g/mol. The molecule has 1 amide bonds. The zero-order valence-corrected chi connectivity index (χ0v) is 8.72. The van der Waals surface area contributed by atoms with Crippen LogP contribution in [0.15, 0.2) is 5.16 Å². The number of rotatable bonds is 5. The number of carbonyl (C=O) groups is 1. The highest BCUT2D eigenvalue weighted by molar-refractivity contribution is 5.98. The molecular formula is C10H17N3O2. The fourth-order valence-corrected chi connectivity index (χ4v) is 1.71. The van der Waals surface area contributed by atoms with Gasteiger partial charge in [-0.1, -0.05) is 5.16 Å². The SMILES string of the molecule is NC(CC(=O)N(CC1CC1)C1CC1)=NO. The number of amides is 1. The summed E-state index contributed by atoms with van der Waals surface area (Å²) in [7, 11) is 0. The van der Waals surface area contributed by atoms with Gasteiger partial charge in [0.1, 0.15) is 5.84 Å². The van der Waals surface area contributed by atoms with Gasteiger partial charge in [-0.05, 0) is 31.6 Å². The fraction of sp³-hybridized carbons (Fsp3) is 0.800. The van der Waals surface area contributed by atoms with Crippen LogP contribution in [0.5, 0.6) is 0 Å². The van der Waals surface area contributed by atoms with Crippen molar-refractivity contribution in [2.75, 3.05) is 6.54 Å². The lowest BCUT2D eigenvalue weighted by atomic mass is 10.3. The first-order chi connectivity index (χ1) is 7.20. The lowest BCUT2D eigenvalue weighted by Crippen LogP contribution is -2.37. The standard InChI is InChI=1S/C10H17N3O2/c11-9(12-15)5-10(14)13(8-3-4-8)6-7-1-2-7/h7-8,15H,1-6H2,(H2,11,12). The molecule has 0 radical (unpaired) electrons. The van der Waals surface area contributed by atoms with Gasteiger partial charge in [0.05, 0.1) is 6.42 Å². The topological polar surface area (TPSA) is 78.9 Å². The molecule has 0 spiro atoms. The van der Waals surface area contributed by atoms with E-state index >= 15 is 0 Å². The van der Waals surface area contributed by atoms with Crippen molar-refractivity contribution in [1.82, 2.24) is 4.90 Å². The zero-order chi connectivity index (χ0) is 10.8. The number of nitrogens with two attached hydrogens (primary N) is 1. The molecule has 2 fully saturated rings. The van der Waals surface area contributed by atoms with Crippen molar-refractivity contribution < 1.29 is 10.0 Å². The average molecular weight is 211 g/mol. The van der Waals surface area contributed by atoms with Crippen LogP contribution in [0.2, 0.25) is 0 Å². The van der Waals surface area contributed by atoms with Crippen LogP contribution < -0.4 is 5.73 Å². The highest BCUT2D eigenvalue weighted by Gasteiger charge is 2.36. The smallest absolute Gasteiger partial charge is 0.230 e. The summed E-state index contributed by atoms with van der Waals surface area (Å²) in [4.78, 5) is 13.7. The normalized spacial score (nSPS) is 21.5. The number of amidine groups is 1. The third-order valence-electron chi connectivity index (χ3n) is 2.92. The van der Waals surface area contributed by atoms with Crippen LogP contribution in [-0.2, 0) is 4.79 Å². The molecule has 2 saturated carbocycles. The van der Waals surface area contributed by atoms with Gasteiger partial charge in [-0.3, -0.25) is 4.79 Å². The molecule has 0 aliphatic heterocycles. The summed E-state index contributed by atoms with van der Waals surface area (Å²) in [6.45, 7) is 0.863. The van der Waals surface area contributed by atoms with E-state index in [2.05, 4.69) is 5.16 Å². The van der Waals surface area contributed by atoms with Gasteiger partial charge in [0, 0.05) is 12.6 Å². The molecule has 2 aliphatic rings. The van der Waals surface area contributed by atoms with Crippen molar-refractivity contribution in [2.45, 2.75) is 38.1 Å². The summed E-state index contributed by atoms with van der Waals surface area (Å²) in [6.07, 6.45) is 4.73. The van der Waals surface area contributed by atoms with Crippen LogP contribution in [0, 0.1) is 5.92 Å². The molecule has 0 unspecified atom stereocenters. The fourth-order valence-electron chi connectivity index (χ4n) is 1.71. The summed E-state index contributed by atoms with van der Waals surface area (Å²) in [6, 6.07) is 0.421. The van der Waals surface area contributed by atoms with Gasteiger partial charge in [0.2, 0.25) is 5.91 Å². The summed E-state index contributed by atoms with van der Waals surface area (Å²) in [5.41, 5.74) is 5.33. The van der Waals surface area contributed by atoms with E-state index in [-0.39, 0.29) is 18.2 Å². The Kier molecular flexibility index (Phi) is 2.79. The quantitative estimate of drug-likeness (QED) is 0.301. The van der Waals surface area contributed by atoms with Crippen molar-refractivity contribution >= 4 is 11.7 Å². The predicted octanol–water partition coefficient (Wildman–Crippen LogP) is 0.524. The summed E-state index contributed by atoms with van der Waals surface area (Å²) in [5.74, 6) is 0.697. The van der Waals surface area contributed by atoms with Crippen LogP contribution in [0.3, 0.4) is 0 Å². The second-order valence-corrected chi connectivity index (χ2v) is 4.49. The van der Waals surface area contributed by atoms with Gasteiger partial charge in [-0.2, -0.15) is 0 Å². The molecule has 0 heterocycles. The summed E-state index contributed by atoms with van der Waals surface area (Å²) < 4.78 is 0. The van der Waals surface area contributed by atoms with Gasteiger partial charge in [-0.15, -0.1) is 0 Å². The van der Waals surface area contributed by atoms with Crippen molar-refractivity contribution in [3.05, 3.63) is 0 Å². The van der Waals surface area contributed by atoms with Gasteiger partial charge < -0.3 is 15.8 Å². The molecule has 0 aromatic heterocycles. The Hall–Kier alpha value is -1.26. The Morgan fingerprint density at radius 1 is 1.40 bits per heavy atom. The molecule has 84 valence electrons. The Morgan fingerprint density at radius 3 is 2.53 bits per heavy atom. The maximum atomic E-state index is 11.8. The van der Waals surface area contributed by atoms with Crippen molar-refractivity contribution in [3.63, 3.8) is 0 Å². The van der Waals surface area contributed by atoms with Gasteiger partial charge in [0.25, 0.3) is 0 Å². The first kappa shape index (κ1) is 10.3. The average Bonchev–Trinajstić information content (AvgIpc) is 3.04. The largest absolute Gasteiger partial charge is 0.409 e. The van der Waals surface area contributed by atoms with Crippen LogP contribution >= 0.6 is 0 Å². The summed E-state index contributed by atoms with van der Waals surface area (Å²) in [5, 5.41) is 11.2. The minimum absolute atomic E-state index is 0.000278. The van der Waals surface area contributed by atoms with E-state index in [1.807, 2.05) is 4.90 Å². The maximum Gasteiger partial charge on any atom is 0.230 e. The maximum absolute atomic E-state index is 11.8. The number of carbonyl (C=O) groups excluding carboxylic acids is 1. The molecule has 5 heteroatoms. The number of oxime groups is 1. The molecule has 5 nitrogen and oxygen atoms in total. The van der Waals surface area contributed by atoms with E-state index in [1.165, 1.54) is 12.8 Å². The Bertz CT molecular complexity index is 282. The zero-order valence-electron chi connectivity index (χ0n) is 8.72. The van der Waals surface area contributed by atoms with Gasteiger partial charge in [-0.25, -0.2) is 0 Å². The van der Waals surface area contributed by atoms with Crippen molar-refractivity contribution in [3.8, 4) is 0 Å². The molecule has 0 atom stereocenters. The van der Waals surface area contributed by atoms with Crippen LogP contribution in [0.1, 0.15) is 32.1 Å². The van der Waals surface area contributed by atoms with E-state index in [0.717, 1.165) is 19.4 Å². The van der Waals surface area contributed by atoms with E-state index in [4.69, 9.17) is 10.9 Å². The molecule has 15 heavy (non-hydrogen) atoms. The minimum atomic E-state index is -0.000278. The number of nitrogens with zero attached hydrogens (tertiary/aromatic N) is 2. The minimum Gasteiger partial charge on any atom is -0.409 e. The van der Waals surface area contributed by atoms with E-state index in [0.29, 0.717) is 12.0 Å². The van der Waals surface area contributed by atoms with Gasteiger partial charge >= 0.3 is 0 Å². The molecule has 2 rings (SSSR count). The molecule has 2 aliphatic carbocycles. The highest BCUT2D eigenvalue weighted by atomic mass is 16.4. The second-order valence-electron chi connectivity index (χ2n) is 4.49. The molecule has 0 saturated heterocycles. The first-order valence-corrected chi connectivity index (χ1v) is 5.46. The Balaban J connectivity index is 1.87. The number of hydrogen-bond donors (Lipinski definition) is 2. The lowest BCUT2D eigenvalue weighted by Gasteiger charge is -2.21. The second kappa shape index (κ2) is 4.08. The van der Waals surface area contributed by atoms with Gasteiger partial charge in [0.15, 0.2) is 0 Å². The Labute approximate surface area is 88.9 Å². The third-order valence-corrected chi connectivity index (χ3v) is 2.92. The third kappa shape index (κ3) is 2.84. The van der Waals surface area contributed by atoms with Crippen molar-refractivity contribution in [1.29, 1.82) is 0 Å². The van der Waals surface area contributed by atoms with E-state index in [1.54, 1.807) is 0 Å². The highest BCUT2D eigenvalue weighted by Crippen LogP contribution is 2.35. The van der Waals surface area contributed by atoms with E-state index < -0.39 is 0 Å². The summed E-state index contributed by atoms with van der Waals surface area (Å²) >= 11 is 0. The van der Waals surface area contributed by atoms with E-state index in [9.17, 15) is 4.79 Å². The Morgan fingerprint density at radius 2 is 2.07 bits per heavy atom. The molecule has 3 N–H and O–H groups in total. The van der Waals surface area contributed by atoms with Crippen LogP contribution in [0.4, 0.5) is 0 Å². The molecule has 0 aromatic rings. The lowest BCUT2D eigenvalue weighted by molar-refractivity contribution is -0.130. The number of hydrogen-bond acceptors (Lipinski definition) is 3. The predicted molar refractivity (Wildman–Crippen MR) is 55.5 cm³/mol. The first-order valence-electron chi connectivity index (χ1n) is 5.46. The molecule has 0 bridgehead atoms. The van der Waals surface area contributed by atoms with Crippen molar-refractivity contribution in [2.24, 2.45) is 16.8 Å². The molecular weight excluding hydrogens is 194 g/mol.